The number of nitrogens with zero attached hydrogens (tertiary/aromatic N) is 1. The molecule has 1 heterocycles. The molecular formula is C8H9ClN2O2S. The number of amides is 1. The van der Waals surface area contributed by atoms with Gasteiger partial charge in [0, 0.05) is 22.2 Å². The lowest BCUT2D eigenvalue weighted by molar-refractivity contribution is 0.0983. The van der Waals surface area contributed by atoms with Gasteiger partial charge in [-0.3, -0.25) is 9.52 Å². The van der Waals surface area contributed by atoms with Crippen molar-refractivity contribution in [3.05, 3.63) is 29.0 Å². The molecule has 0 saturated carbocycles. The number of aromatic nitrogens is 1. The third-order valence-corrected chi connectivity index (χ3v) is 2.23. The van der Waals surface area contributed by atoms with Crippen molar-refractivity contribution >= 4 is 33.1 Å². The fourth-order valence-corrected chi connectivity index (χ4v) is 1.51. The van der Waals surface area contributed by atoms with E-state index in [0.29, 0.717) is 0 Å². The Hall–Kier alpha value is -1.07. The van der Waals surface area contributed by atoms with E-state index < -0.39 is 15.6 Å². The first kappa shape index (κ1) is 11.0. The molecule has 76 valence electrons. The Morgan fingerprint density at radius 2 is 2.36 bits per heavy atom. The zero-order valence-corrected chi connectivity index (χ0v) is 9.06. The lowest BCUT2D eigenvalue weighted by Crippen LogP contribution is -2.29. The second-order valence-corrected chi connectivity index (χ2v) is 5.35. The molecule has 0 aliphatic carbocycles. The highest BCUT2D eigenvalue weighted by Crippen LogP contribution is 2.10. The van der Waals surface area contributed by atoms with Crippen molar-refractivity contribution in [3.63, 3.8) is 0 Å². The number of hydrogen-bond acceptors (Lipinski definition) is 3. The summed E-state index contributed by atoms with van der Waals surface area (Å²) in [6.45, 7) is 0. The summed E-state index contributed by atoms with van der Waals surface area (Å²) in [7, 11) is -2.57. The molecule has 1 aromatic heterocycles. The summed E-state index contributed by atoms with van der Waals surface area (Å²) in [6, 6.07) is 3.07. The SMILES string of the molecule is C=S(C)(=O)NC(=O)c1cccnc1Cl. The van der Waals surface area contributed by atoms with E-state index in [1.807, 2.05) is 0 Å². The smallest absolute Gasteiger partial charge is 0.265 e. The van der Waals surface area contributed by atoms with Gasteiger partial charge >= 0.3 is 0 Å². The molecule has 0 bridgehead atoms. The van der Waals surface area contributed by atoms with Gasteiger partial charge in [0.1, 0.15) is 5.15 Å². The van der Waals surface area contributed by atoms with Gasteiger partial charge in [-0.05, 0) is 18.0 Å². The van der Waals surface area contributed by atoms with Crippen LogP contribution in [0.3, 0.4) is 0 Å². The van der Waals surface area contributed by atoms with E-state index in [1.165, 1.54) is 18.5 Å². The number of halogens is 1. The van der Waals surface area contributed by atoms with E-state index in [2.05, 4.69) is 15.6 Å². The number of nitrogens with one attached hydrogen (secondary N) is 1. The molecule has 0 fully saturated rings. The molecule has 6 heteroatoms. The zero-order chi connectivity index (χ0) is 10.8. The van der Waals surface area contributed by atoms with Crippen LogP contribution in [0.15, 0.2) is 18.3 Å². The molecule has 1 amide bonds. The highest BCUT2D eigenvalue weighted by atomic mass is 35.5. The van der Waals surface area contributed by atoms with E-state index in [0.717, 1.165) is 0 Å². The van der Waals surface area contributed by atoms with E-state index >= 15 is 0 Å². The lowest BCUT2D eigenvalue weighted by atomic mass is 10.3. The average molecular weight is 233 g/mol. The van der Waals surface area contributed by atoms with Crippen molar-refractivity contribution in [2.24, 2.45) is 0 Å². The predicted octanol–water partition coefficient (Wildman–Crippen LogP) is 0.726. The van der Waals surface area contributed by atoms with Gasteiger partial charge in [0.2, 0.25) is 0 Å². The van der Waals surface area contributed by atoms with E-state index in [1.54, 1.807) is 6.07 Å². The molecule has 1 unspecified atom stereocenters. The molecule has 0 aromatic carbocycles. The monoisotopic (exact) mass is 232 g/mol. The van der Waals surface area contributed by atoms with Crippen molar-refractivity contribution in [3.8, 4) is 0 Å². The van der Waals surface area contributed by atoms with Gasteiger partial charge in [0.05, 0.1) is 5.56 Å². The Labute approximate surface area is 87.4 Å². The van der Waals surface area contributed by atoms with Crippen molar-refractivity contribution in [2.75, 3.05) is 6.26 Å². The Morgan fingerprint density at radius 3 is 2.86 bits per heavy atom. The lowest BCUT2D eigenvalue weighted by Gasteiger charge is -2.06. The van der Waals surface area contributed by atoms with Crippen LogP contribution in [0.2, 0.25) is 5.15 Å². The molecule has 1 N–H and O–H groups in total. The average Bonchev–Trinajstić information content (AvgIpc) is 2.01. The number of hydrogen-bond donors (Lipinski definition) is 1. The van der Waals surface area contributed by atoms with Gasteiger partial charge in [0.25, 0.3) is 5.91 Å². The third kappa shape index (κ3) is 3.01. The topological polar surface area (TPSA) is 59.1 Å². The van der Waals surface area contributed by atoms with Crippen LogP contribution in [0.1, 0.15) is 10.4 Å². The maximum Gasteiger partial charge on any atom is 0.265 e. The summed E-state index contributed by atoms with van der Waals surface area (Å²) >= 11 is 5.66. The van der Waals surface area contributed by atoms with Crippen LogP contribution in [-0.4, -0.2) is 27.2 Å². The first-order valence-electron chi connectivity index (χ1n) is 3.65. The Bertz CT molecular complexity index is 456. The highest BCUT2D eigenvalue weighted by molar-refractivity contribution is 7.98. The number of carbonyl (C=O) groups excluding carboxylic acids is 1. The minimum absolute atomic E-state index is 0.0775. The Morgan fingerprint density at radius 1 is 1.71 bits per heavy atom. The third-order valence-electron chi connectivity index (χ3n) is 1.31. The van der Waals surface area contributed by atoms with Gasteiger partial charge in [-0.25, -0.2) is 9.19 Å². The highest BCUT2D eigenvalue weighted by Gasteiger charge is 2.11. The second kappa shape index (κ2) is 3.98. The zero-order valence-electron chi connectivity index (χ0n) is 7.49. The quantitative estimate of drug-likeness (QED) is 0.604. The molecule has 0 aliphatic heterocycles. The van der Waals surface area contributed by atoms with Gasteiger partial charge in [0.15, 0.2) is 0 Å². The van der Waals surface area contributed by atoms with E-state index in [-0.39, 0.29) is 10.7 Å². The van der Waals surface area contributed by atoms with Crippen LogP contribution in [0.4, 0.5) is 0 Å². The van der Waals surface area contributed by atoms with E-state index in [4.69, 9.17) is 11.6 Å². The Kier molecular flexibility index (Phi) is 3.13. The summed E-state index contributed by atoms with van der Waals surface area (Å²) in [4.78, 5) is 15.1. The van der Waals surface area contributed by atoms with Crippen molar-refractivity contribution in [1.29, 1.82) is 0 Å². The number of carbonyl (C=O) groups is 1. The van der Waals surface area contributed by atoms with Crippen molar-refractivity contribution in [2.45, 2.75) is 0 Å². The fourth-order valence-electron chi connectivity index (χ4n) is 0.806. The molecule has 1 rings (SSSR count). The maximum absolute atomic E-state index is 11.4. The van der Waals surface area contributed by atoms with Gasteiger partial charge in [-0.1, -0.05) is 11.6 Å². The Balaban J connectivity index is 2.97. The summed E-state index contributed by atoms with van der Waals surface area (Å²) < 4.78 is 13.4. The minimum Gasteiger partial charge on any atom is -0.279 e. The van der Waals surface area contributed by atoms with Crippen LogP contribution in [-0.2, 0) is 9.71 Å². The molecule has 0 spiro atoms. The molecule has 14 heavy (non-hydrogen) atoms. The fraction of sp³-hybridized carbons (Fsp3) is 0.125. The maximum atomic E-state index is 11.4. The van der Waals surface area contributed by atoms with Gasteiger partial charge < -0.3 is 0 Å². The molecule has 0 saturated heterocycles. The first-order valence-corrected chi connectivity index (χ1v) is 6.16. The van der Waals surface area contributed by atoms with Crippen LogP contribution in [0, 0.1) is 0 Å². The molecular weight excluding hydrogens is 224 g/mol. The van der Waals surface area contributed by atoms with Crippen LogP contribution >= 0.6 is 11.6 Å². The standard InChI is InChI=1S/C8H9ClN2O2S/c1-14(2,13)11-8(12)6-4-3-5-10-7(6)9/h3-5H,1H2,2H3,(H,11,12,13). The summed E-state index contributed by atoms with van der Waals surface area (Å²) in [5, 5.41) is 0.0775. The summed E-state index contributed by atoms with van der Waals surface area (Å²) in [6.07, 6.45) is 2.79. The largest absolute Gasteiger partial charge is 0.279 e. The van der Waals surface area contributed by atoms with E-state index in [9.17, 15) is 9.00 Å². The summed E-state index contributed by atoms with van der Waals surface area (Å²) in [5.41, 5.74) is 0.187. The van der Waals surface area contributed by atoms with Gasteiger partial charge in [-0.2, -0.15) is 0 Å². The second-order valence-electron chi connectivity index (χ2n) is 2.78. The molecule has 0 radical (unpaired) electrons. The van der Waals surface area contributed by atoms with Crippen LogP contribution in [0.25, 0.3) is 0 Å². The van der Waals surface area contributed by atoms with Crippen molar-refractivity contribution < 1.29 is 9.00 Å². The minimum atomic E-state index is -2.57. The predicted molar refractivity (Wildman–Crippen MR) is 57.9 cm³/mol. The summed E-state index contributed by atoms with van der Waals surface area (Å²) in [5.74, 6) is 2.76. The van der Waals surface area contributed by atoms with Gasteiger partial charge in [-0.15, -0.1) is 0 Å². The first-order chi connectivity index (χ1) is 6.40. The molecule has 1 aromatic rings. The number of pyridine rings is 1. The normalized spacial score (nSPS) is 14.4. The molecule has 0 aliphatic rings. The number of rotatable bonds is 2. The van der Waals surface area contributed by atoms with Crippen LogP contribution in [0.5, 0.6) is 0 Å². The molecule has 1 atom stereocenters. The van der Waals surface area contributed by atoms with Crippen molar-refractivity contribution in [1.82, 2.24) is 9.71 Å². The van der Waals surface area contributed by atoms with Crippen LogP contribution < -0.4 is 4.72 Å². The molecule has 4 nitrogen and oxygen atoms in total.